The zero-order chi connectivity index (χ0) is 21.2. The third-order valence-corrected chi connectivity index (χ3v) is 5.96. The molecular weight excluding hydrogens is 408 g/mol. The second-order valence-electron chi connectivity index (χ2n) is 7.19. The standard InChI is InChI=1S/C24H18N4O2S/c29-22(27-24-26-11-12-31-24)21(16-5-2-1-3-6-16)28-15-19-9-8-17(13-20(19)23(28)30)18-7-4-10-25-14-18/h1-14,21H,15H2,(H,26,27,29)/t21-/m1/s1. The monoisotopic (exact) mass is 426 g/mol. The van der Waals surface area contributed by atoms with Crippen LogP contribution in [0.3, 0.4) is 0 Å². The maximum absolute atomic E-state index is 13.4. The van der Waals surface area contributed by atoms with Crippen LogP contribution in [-0.2, 0) is 11.3 Å². The van der Waals surface area contributed by atoms with Gasteiger partial charge in [-0.3, -0.25) is 19.9 Å². The van der Waals surface area contributed by atoms with Gasteiger partial charge < -0.3 is 4.90 Å². The quantitative estimate of drug-likeness (QED) is 0.508. The number of fused-ring (bicyclic) bond motifs is 1. The number of nitrogens with zero attached hydrogens (tertiary/aromatic N) is 3. The smallest absolute Gasteiger partial charge is 0.255 e. The van der Waals surface area contributed by atoms with Gasteiger partial charge in [0.2, 0.25) is 0 Å². The van der Waals surface area contributed by atoms with Crippen molar-refractivity contribution in [2.75, 3.05) is 5.32 Å². The van der Waals surface area contributed by atoms with Crippen molar-refractivity contribution in [3.8, 4) is 11.1 Å². The Balaban J connectivity index is 1.49. The maximum Gasteiger partial charge on any atom is 0.255 e. The largest absolute Gasteiger partial charge is 0.318 e. The summed E-state index contributed by atoms with van der Waals surface area (Å²) in [6.07, 6.45) is 5.12. The summed E-state index contributed by atoms with van der Waals surface area (Å²) in [6.45, 7) is 0.367. The first-order valence-electron chi connectivity index (χ1n) is 9.80. The lowest BCUT2D eigenvalue weighted by Gasteiger charge is -2.27. The number of thiazole rings is 1. The van der Waals surface area contributed by atoms with Crippen molar-refractivity contribution in [2.45, 2.75) is 12.6 Å². The van der Waals surface area contributed by atoms with Gasteiger partial charge in [-0.2, -0.15) is 0 Å². The van der Waals surface area contributed by atoms with Crippen molar-refractivity contribution >= 4 is 28.3 Å². The van der Waals surface area contributed by atoms with Crippen molar-refractivity contribution < 1.29 is 9.59 Å². The second kappa shape index (κ2) is 8.12. The molecule has 1 N–H and O–H groups in total. The number of carbonyl (C=O) groups excluding carboxylic acids is 2. The minimum atomic E-state index is -0.758. The number of rotatable bonds is 5. The lowest BCUT2D eigenvalue weighted by Crippen LogP contribution is -2.37. The number of hydrogen-bond donors (Lipinski definition) is 1. The van der Waals surface area contributed by atoms with Crippen LogP contribution in [0.1, 0.15) is 27.5 Å². The van der Waals surface area contributed by atoms with E-state index < -0.39 is 6.04 Å². The van der Waals surface area contributed by atoms with Crippen LogP contribution < -0.4 is 5.32 Å². The third-order valence-electron chi connectivity index (χ3n) is 5.27. The van der Waals surface area contributed by atoms with Crippen LogP contribution in [0.2, 0.25) is 0 Å². The number of carbonyl (C=O) groups is 2. The highest BCUT2D eigenvalue weighted by Gasteiger charge is 2.37. The first-order chi connectivity index (χ1) is 15.2. The van der Waals surface area contributed by atoms with Gasteiger partial charge in [0.05, 0.1) is 0 Å². The third kappa shape index (κ3) is 3.71. The molecule has 4 aromatic rings. The van der Waals surface area contributed by atoms with Gasteiger partial charge in [0.15, 0.2) is 5.13 Å². The van der Waals surface area contributed by atoms with Crippen LogP contribution in [0.5, 0.6) is 0 Å². The van der Waals surface area contributed by atoms with Gasteiger partial charge in [0.25, 0.3) is 11.8 Å². The van der Waals surface area contributed by atoms with E-state index in [-0.39, 0.29) is 11.8 Å². The predicted octanol–water partition coefficient (Wildman–Crippen LogP) is 4.54. The van der Waals surface area contributed by atoms with E-state index in [1.807, 2.05) is 60.7 Å². The molecule has 2 aromatic heterocycles. The number of anilines is 1. The van der Waals surface area contributed by atoms with Gasteiger partial charge in [-0.25, -0.2) is 4.98 Å². The summed E-state index contributed by atoms with van der Waals surface area (Å²) in [5.41, 5.74) is 4.14. The summed E-state index contributed by atoms with van der Waals surface area (Å²) in [7, 11) is 0. The van der Waals surface area contributed by atoms with Crippen molar-refractivity contribution in [2.24, 2.45) is 0 Å². The fourth-order valence-electron chi connectivity index (χ4n) is 3.81. The predicted molar refractivity (Wildman–Crippen MR) is 119 cm³/mol. The highest BCUT2D eigenvalue weighted by Crippen LogP contribution is 2.34. The molecule has 0 saturated carbocycles. The minimum absolute atomic E-state index is 0.163. The molecule has 1 atom stereocenters. The summed E-state index contributed by atoms with van der Waals surface area (Å²) in [6, 6.07) is 18.2. The molecule has 2 aromatic carbocycles. The lowest BCUT2D eigenvalue weighted by molar-refractivity contribution is -0.120. The molecule has 3 heterocycles. The van der Waals surface area contributed by atoms with Gasteiger partial charge in [-0.1, -0.05) is 48.5 Å². The molecule has 0 bridgehead atoms. The summed E-state index contributed by atoms with van der Waals surface area (Å²) in [4.78, 5) is 36.6. The Morgan fingerprint density at radius 3 is 2.65 bits per heavy atom. The summed E-state index contributed by atoms with van der Waals surface area (Å²) in [5, 5.41) is 5.15. The van der Waals surface area contributed by atoms with Crippen molar-refractivity contribution in [3.05, 3.63) is 101 Å². The molecule has 1 aliphatic heterocycles. The molecule has 0 unspecified atom stereocenters. The molecule has 1 aliphatic rings. The van der Waals surface area contributed by atoms with Crippen LogP contribution >= 0.6 is 11.3 Å². The molecule has 5 rings (SSSR count). The minimum Gasteiger partial charge on any atom is -0.318 e. The average Bonchev–Trinajstić information content (AvgIpc) is 3.43. The Hall–Kier alpha value is -3.84. The van der Waals surface area contributed by atoms with Crippen LogP contribution in [-0.4, -0.2) is 26.7 Å². The molecule has 6 nitrogen and oxygen atoms in total. The molecule has 152 valence electrons. The molecular formula is C24H18N4O2S. The van der Waals surface area contributed by atoms with Gasteiger partial charge >= 0.3 is 0 Å². The number of nitrogens with one attached hydrogen (secondary N) is 1. The number of aromatic nitrogens is 2. The zero-order valence-corrected chi connectivity index (χ0v) is 17.3. The van der Waals surface area contributed by atoms with E-state index in [9.17, 15) is 9.59 Å². The SMILES string of the molecule is O=C(Nc1nccs1)[C@@H](c1ccccc1)N1Cc2ccc(-c3cccnc3)cc2C1=O. The molecule has 0 radical (unpaired) electrons. The van der Waals surface area contributed by atoms with Crippen LogP contribution in [0.15, 0.2) is 84.6 Å². The Kier molecular flexibility index (Phi) is 5.01. The topological polar surface area (TPSA) is 75.2 Å². The highest BCUT2D eigenvalue weighted by atomic mass is 32.1. The Morgan fingerprint density at radius 1 is 1.03 bits per heavy atom. The Morgan fingerprint density at radius 2 is 1.90 bits per heavy atom. The molecule has 7 heteroatoms. The van der Waals surface area contributed by atoms with E-state index >= 15 is 0 Å². The Bertz CT molecular complexity index is 1230. The van der Waals surface area contributed by atoms with E-state index in [0.29, 0.717) is 17.2 Å². The molecule has 0 aliphatic carbocycles. The summed E-state index contributed by atoms with van der Waals surface area (Å²) in [5.74, 6) is -0.446. The number of amides is 2. The van der Waals surface area contributed by atoms with Crippen LogP contribution in [0.4, 0.5) is 5.13 Å². The van der Waals surface area contributed by atoms with Crippen LogP contribution in [0.25, 0.3) is 11.1 Å². The van der Waals surface area contributed by atoms with Gasteiger partial charge in [-0.15, -0.1) is 11.3 Å². The fourth-order valence-corrected chi connectivity index (χ4v) is 4.34. The van der Waals surface area contributed by atoms with Gasteiger partial charge in [0, 0.05) is 41.6 Å². The van der Waals surface area contributed by atoms with E-state index in [1.54, 1.807) is 28.9 Å². The van der Waals surface area contributed by atoms with Crippen molar-refractivity contribution in [1.82, 2.24) is 14.9 Å². The second-order valence-corrected chi connectivity index (χ2v) is 8.08. The lowest BCUT2D eigenvalue weighted by atomic mass is 10.0. The number of benzene rings is 2. The molecule has 31 heavy (non-hydrogen) atoms. The zero-order valence-electron chi connectivity index (χ0n) is 16.4. The molecule has 2 amide bonds. The van der Waals surface area contributed by atoms with Gasteiger partial charge in [0.1, 0.15) is 6.04 Å². The van der Waals surface area contributed by atoms with E-state index in [0.717, 1.165) is 22.3 Å². The van der Waals surface area contributed by atoms with E-state index in [2.05, 4.69) is 15.3 Å². The molecule has 0 fully saturated rings. The van der Waals surface area contributed by atoms with Crippen molar-refractivity contribution in [3.63, 3.8) is 0 Å². The van der Waals surface area contributed by atoms with E-state index in [4.69, 9.17) is 0 Å². The summed E-state index contributed by atoms with van der Waals surface area (Å²) < 4.78 is 0. The molecule has 0 saturated heterocycles. The Labute approximate surface area is 183 Å². The molecule has 0 spiro atoms. The van der Waals surface area contributed by atoms with E-state index in [1.165, 1.54) is 11.3 Å². The fraction of sp³-hybridized carbons (Fsp3) is 0.0833. The number of pyridine rings is 1. The first kappa shape index (κ1) is 19.1. The van der Waals surface area contributed by atoms with Gasteiger partial charge in [-0.05, 0) is 28.8 Å². The number of hydrogen-bond acceptors (Lipinski definition) is 5. The average molecular weight is 427 g/mol. The normalized spacial score (nSPS) is 13.7. The first-order valence-corrected chi connectivity index (χ1v) is 10.7. The van der Waals surface area contributed by atoms with Crippen LogP contribution in [0, 0.1) is 0 Å². The highest BCUT2D eigenvalue weighted by molar-refractivity contribution is 7.13. The summed E-state index contributed by atoms with van der Waals surface area (Å²) >= 11 is 1.34. The van der Waals surface area contributed by atoms with Crippen molar-refractivity contribution in [1.29, 1.82) is 0 Å². The maximum atomic E-state index is 13.4.